The van der Waals surface area contributed by atoms with Crippen molar-refractivity contribution in [1.29, 1.82) is 0 Å². The maximum atomic E-state index is 9.75. The zero-order valence-electron chi connectivity index (χ0n) is 11.3. The van der Waals surface area contributed by atoms with Gasteiger partial charge in [0.15, 0.2) is 0 Å². The van der Waals surface area contributed by atoms with Crippen molar-refractivity contribution in [3.8, 4) is 0 Å². The Labute approximate surface area is 101 Å². The molecule has 1 aliphatic rings. The summed E-state index contributed by atoms with van der Waals surface area (Å²) in [5.41, 5.74) is 0. The molecule has 0 bridgehead atoms. The Morgan fingerprint density at radius 1 is 1.19 bits per heavy atom. The van der Waals surface area contributed by atoms with Gasteiger partial charge < -0.3 is 5.11 Å². The van der Waals surface area contributed by atoms with Crippen LogP contribution in [0.1, 0.15) is 65.2 Å². The van der Waals surface area contributed by atoms with E-state index < -0.39 is 0 Å². The first-order chi connectivity index (χ1) is 7.66. The van der Waals surface area contributed by atoms with Gasteiger partial charge in [-0.25, -0.2) is 0 Å². The Morgan fingerprint density at radius 2 is 1.81 bits per heavy atom. The standard InChI is InChI=1S/C14H29NO/c1-4-9-13-10-7-5-6-8-11-14(13)15(3)12(2)16/h12-14,16H,4-11H2,1-3H3. The molecular weight excluding hydrogens is 198 g/mol. The van der Waals surface area contributed by atoms with Crippen LogP contribution in [0.4, 0.5) is 0 Å². The summed E-state index contributed by atoms with van der Waals surface area (Å²) in [6.07, 6.45) is 10.4. The van der Waals surface area contributed by atoms with Gasteiger partial charge in [0.2, 0.25) is 0 Å². The molecule has 1 rings (SSSR count). The predicted molar refractivity (Wildman–Crippen MR) is 69.3 cm³/mol. The molecule has 96 valence electrons. The molecule has 0 aromatic rings. The van der Waals surface area contributed by atoms with E-state index in [1.54, 1.807) is 0 Å². The lowest BCUT2D eigenvalue weighted by Crippen LogP contribution is -2.43. The van der Waals surface area contributed by atoms with Crippen LogP contribution >= 0.6 is 0 Å². The summed E-state index contributed by atoms with van der Waals surface area (Å²) >= 11 is 0. The van der Waals surface area contributed by atoms with E-state index in [9.17, 15) is 5.11 Å². The van der Waals surface area contributed by atoms with Crippen LogP contribution in [0.25, 0.3) is 0 Å². The van der Waals surface area contributed by atoms with E-state index in [0.717, 1.165) is 5.92 Å². The minimum atomic E-state index is -0.302. The van der Waals surface area contributed by atoms with Crippen LogP contribution in [0.15, 0.2) is 0 Å². The van der Waals surface area contributed by atoms with Crippen molar-refractivity contribution >= 4 is 0 Å². The van der Waals surface area contributed by atoms with E-state index in [1.165, 1.54) is 51.4 Å². The largest absolute Gasteiger partial charge is 0.379 e. The lowest BCUT2D eigenvalue weighted by atomic mass is 9.83. The summed E-state index contributed by atoms with van der Waals surface area (Å²) in [5, 5.41) is 9.75. The fourth-order valence-corrected chi connectivity index (χ4v) is 3.06. The van der Waals surface area contributed by atoms with Crippen LogP contribution in [0, 0.1) is 5.92 Å². The molecule has 1 aliphatic carbocycles. The van der Waals surface area contributed by atoms with Crippen LogP contribution in [0.3, 0.4) is 0 Å². The second-order valence-electron chi connectivity index (χ2n) is 5.41. The highest BCUT2D eigenvalue weighted by Gasteiger charge is 2.27. The van der Waals surface area contributed by atoms with Gasteiger partial charge in [0.1, 0.15) is 6.23 Å². The Kier molecular flexibility index (Phi) is 6.37. The molecule has 0 saturated heterocycles. The molecule has 0 amide bonds. The van der Waals surface area contributed by atoms with Crippen molar-refractivity contribution in [3.63, 3.8) is 0 Å². The molecule has 1 N–H and O–H groups in total. The molecule has 0 heterocycles. The van der Waals surface area contributed by atoms with Crippen molar-refractivity contribution < 1.29 is 5.11 Å². The van der Waals surface area contributed by atoms with Crippen molar-refractivity contribution in [2.45, 2.75) is 77.5 Å². The lowest BCUT2D eigenvalue weighted by Gasteiger charge is -2.37. The van der Waals surface area contributed by atoms with E-state index in [4.69, 9.17) is 0 Å². The topological polar surface area (TPSA) is 23.5 Å². The van der Waals surface area contributed by atoms with Gasteiger partial charge in [0, 0.05) is 6.04 Å². The molecule has 3 atom stereocenters. The lowest BCUT2D eigenvalue weighted by molar-refractivity contribution is -0.0177. The molecular formula is C14H29NO. The average molecular weight is 227 g/mol. The molecule has 2 heteroatoms. The van der Waals surface area contributed by atoms with Gasteiger partial charge in [-0.15, -0.1) is 0 Å². The molecule has 0 spiro atoms. The second kappa shape index (κ2) is 7.29. The van der Waals surface area contributed by atoms with Gasteiger partial charge in [-0.2, -0.15) is 0 Å². The number of aliphatic hydroxyl groups is 1. The predicted octanol–water partition coefficient (Wildman–Crippen LogP) is 3.40. The summed E-state index contributed by atoms with van der Waals surface area (Å²) in [5.74, 6) is 0.796. The summed E-state index contributed by atoms with van der Waals surface area (Å²) in [6.45, 7) is 4.17. The van der Waals surface area contributed by atoms with Crippen LogP contribution < -0.4 is 0 Å². The highest BCUT2D eigenvalue weighted by atomic mass is 16.3. The number of hydrogen-bond donors (Lipinski definition) is 1. The highest BCUT2D eigenvalue weighted by Crippen LogP contribution is 2.29. The van der Waals surface area contributed by atoms with E-state index >= 15 is 0 Å². The molecule has 1 fully saturated rings. The molecule has 0 radical (unpaired) electrons. The Hall–Kier alpha value is -0.0800. The Morgan fingerprint density at radius 3 is 2.38 bits per heavy atom. The quantitative estimate of drug-likeness (QED) is 0.744. The monoisotopic (exact) mass is 227 g/mol. The SMILES string of the molecule is CCCC1CCCCCCC1N(C)C(C)O. The molecule has 0 aliphatic heterocycles. The van der Waals surface area contributed by atoms with Crippen molar-refractivity contribution in [2.24, 2.45) is 5.92 Å². The average Bonchev–Trinajstić information content (AvgIpc) is 2.21. The number of nitrogens with zero attached hydrogens (tertiary/aromatic N) is 1. The van der Waals surface area contributed by atoms with Crippen LogP contribution in [-0.4, -0.2) is 29.3 Å². The van der Waals surface area contributed by atoms with E-state index in [2.05, 4.69) is 18.9 Å². The molecule has 3 unspecified atom stereocenters. The third kappa shape index (κ3) is 4.06. The zero-order chi connectivity index (χ0) is 12.0. The van der Waals surface area contributed by atoms with Crippen molar-refractivity contribution in [2.75, 3.05) is 7.05 Å². The van der Waals surface area contributed by atoms with E-state index in [-0.39, 0.29) is 6.23 Å². The molecule has 0 aromatic heterocycles. The third-order valence-corrected chi connectivity index (χ3v) is 4.14. The first-order valence-corrected chi connectivity index (χ1v) is 7.06. The third-order valence-electron chi connectivity index (χ3n) is 4.14. The summed E-state index contributed by atoms with van der Waals surface area (Å²) < 4.78 is 0. The molecule has 0 aromatic carbocycles. The molecule has 2 nitrogen and oxygen atoms in total. The number of aliphatic hydroxyl groups excluding tert-OH is 1. The van der Waals surface area contributed by atoms with Gasteiger partial charge in [-0.1, -0.05) is 39.0 Å². The number of hydrogen-bond acceptors (Lipinski definition) is 2. The minimum absolute atomic E-state index is 0.302. The minimum Gasteiger partial charge on any atom is -0.379 e. The molecule has 1 saturated carbocycles. The van der Waals surface area contributed by atoms with E-state index in [1.807, 2.05) is 6.92 Å². The van der Waals surface area contributed by atoms with Crippen molar-refractivity contribution in [1.82, 2.24) is 4.90 Å². The normalized spacial score (nSPS) is 29.8. The smallest absolute Gasteiger partial charge is 0.104 e. The van der Waals surface area contributed by atoms with Gasteiger partial charge in [-0.05, 0) is 39.2 Å². The van der Waals surface area contributed by atoms with Gasteiger partial charge in [0.25, 0.3) is 0 Å². The van der Waals surface area contributed by atoms with Crippen LogP contribution in [0.2, 0.25) is 0 Å². The van der Waals surface area contributed by atoms with E-state index in [0.29, 0.717) is 6.04 Å². The highest BCUT2D eigenvalue weighted by molar-refractivity contribution is 4.80. The summed E-state index contributed by atoms with van der Waals surface area (Å²) in [4.78, 5) is 2.19. The second-order valence-corrected chi connectivity index (χ2v) is 5.41. The van der Waals surface area contributed by atoms with Crippen LogP contribution in [0.5, 0.6) is 0 Å². The first-order valence-electron chi connectivity index (χ1n) is 7.06. The fraction of sp³-hybridized carbons (Fsp3) is 1.00. The maximum absolute atomic E-state index is 9.75. The Bertz CT molecular complexity index is 182. The summed E-state index contributed by atoms with van der Waals surface area (Å²) in [7, 11) is 2.08. The van der Waals surface area contributed by atoms with Crippen LogP contribution in [-0.2, 0) is 0 Å². The molecule has 16 heavy (non-hydrogen) atoms. The van der Waals surface area contributed by atoms with Gasteiger partial charge >= 0.3 is 0 Å². The Balaban J connectivity index is 2.62. The summed E-state index contributed by atoms with van der Waals surface area (Å²) in [6, 6.07) is 0.597. The van der Waals surface area contributed by atoms with Gasteiger partial charge in [0.05, 0.1) is 0 Å². The van der Waals surface area contributed by atoms with Gasteiger partial charge in [-0.3, -0.25) is 4.90 Å². The first kappa shape index (κ1) is 14.0. The number of rotatable bonds is 4. The fourth-order valence-electron chi connectivity index (χ4n) is 3.06. The van der Waals surface area contributed by atoms with Crippen molar-refractivity contribution in [3.05, 3.63) is 0 Å². The zero-order valence-corrected chi connectivity index (χ0v) is 11.3. The maximum Gasteiger partial charge on any atom is 0.104 e.